The smallest absolute Gasteiger partial charge is 0.337 e. The summed E-state index contributed by atoms with van der Waals surface area (Å²) in [4.78, 5) is 19.5. The zero-order valence-corrected chi connectivity index (χ0v) is 11.3. The molecule has 1 aliphatic heterocycles. The van der Waals surface area contributed by atoms with Crippen molar-refractivity contribution in [3.05, 3.63) is 17.8 Å². The van der Waals surface area contributed by atoms with Crippen molar-refractivity contribution in [2.45, 2.75) is 6.42 Å². The average molecular weight is 280 g/mol. The van der Waals surface area contributed by atoms with Crippen molar-refractivity contribution in [1.29, 1.82) is 0 Å². The van der Waals surface area contributed by atoms with Gasteiger partial charge < -0.3 is 20.8 Å². The Morgan fingerprint density at radius 1 is 1.35 bits per heavy atom. The van der Waals surface area contributed by atoms with Crippen LogP contribution in [0.2, 0.25) is 0 Å². The van der Waals surface area contributed by atoms with Crippen molar-refractivity contribution in [2.24, 2.45) is 0 Å². The molecule has 0 atom stereocenters. The molecule has 0 bridgehead atoms. The standard InChI is InChI=1S/C13H20N4O3/c14-11-10(13(19)20)2-3-15-12(11)17-5-1-4-16(6-7-17)8-9-18/h2-3,18H,1,4-9,14H2,(H,19,20). The molecule has 1 aromatic rings. The van der Waals surface area contributed by atoms with Gasteiger partial charge in [-0.05, 0) is 19.0 Å². The molecule has 1 aliphatic rings. The minimum absolute atomic E-state index is 0.0893. The Kier molecular flexibility index (Phi) is 4.75. The van der Waals surface area contributed by atoms with Crippen LogP contribution in [-0.2, 0) is 0 Å². The second-order valence-electron chi connectivity index (χ2n) is 4.81. The largest absolute Gasteiger partial charge is 0.478 e. The number of nitrogen functional groups attached to an aromatic ring is 1. The molecule has 1 saturated heterocycles. The number of aliphatic hydroxyl groups is 1. The lowest BCUT2D eigenvalue weighted by molar-refractivity contribution is 0.0698. The lowest BCUT2D eigenvalue weighted by Gasteiger charge is -2.24. The number of anilines is 2. The van der Waals surface area contributed by atoms with Gasteiger partial charge in [-0.2, -0.15) is 0 Å². The Morgan fingerprint density at radius 3 is 2.85 bits per heavy atom. The van der Waals surface area contributed by atoms with E-state index in [4.69, 9.17) is 15.9 Å². The SMILES string of the molecule is Nc1c(C(=O)O)ccnc1N1CCCN(CCO)CC1. The van der Waals surface area contributed by atoms with E-state index in [9.17, 15) is 4.79 Å². The molecule has 1 aromatic heterocycles. The van der Waals surface area contributed by atoms with Crippen LogP contribution in [0.25, 0.3) is 0 Å². The van der Waals surface area contributed by atoms with E-state index < -0.39 is 5.97 Å². The third kappa shape index (κ3) is 3.17. The molecule has 2 rings (SSSR count). The van der Waals surface area contributed by atoms with E-state index in [0.29, 0.717) is 12.4 Å². The number of β-amino-alcohol motifs (C(OH)–C–C–N with tert-alkyl or cyclic N) is 1. The molecule has 20 heavy (non-hydrogen) atoms. The number of aromatic carboxylic acids is 1. The Bertz CT molecular complexity index is 481. The van der Waals surface area contributed by atoms with E-state index in [1.54, 1.807) is 0 Å². The van der Waals surface area contributed by atoms with E-state index in [-0.39, 0.29) is 17.9 Å². The number of carbonyl (C=O) groups is 1. The fourth-order valence-corrected chi connectivity index (χ4v) is 2.45. The summed E-state index contributed by atoms with van der Waals surface area (Å²) in [6, 6.07) is 1.41. The highest BCUT2D eigenvalue weighted by molar-refractivity contribution is 5.96. The van der Waals surface area contributed by atoms with Gasteiger partial charge in [0.25, 0.3) is 0 Å². The van der Waals surface area contributed by atoms with Gasteiger partial charge in [0.2, 0.25) is 0 Å². The molecule has 0 unspecified atom stereocenters. The lowest BCUT2D eigenvalue weighted by Crippen LogP contribution is -2.33. The highest BCUT2D eigenvalue weighted by Gasteiger charge is 2.20. The first-order chi connectivity index (χ1) is 9.63. The van der Waals surface area contributed by atoms with Gasteiger partial charge in [-0.15, -0.1) is 0 Å². The molecule has 0 aromatic carbocycles. The van der Waals surface area contributed by atoms with E-state index in [1.807, 2.05) is 4.90 Å². The van der Waals surface area contributed by atoms with Crippen LogP contribution in [0.1, 0.15) is 16.8 Å². The average Bonchev–Trinajstić information content (AvgIpc) is 2.65. The minimum atomic E-state index is -1.04. The molecular formula is C13H20N4O3. The van der Waals surface area contributed by atoms with Crippen molar-refractivity contribution in [3.63, 3.8) is 0 Å². The summed E-state index contributed by atoms with van der Waals surface area (Å²) < 4.78 is 0. The number of carboxylic acids is 1. The van der Waals surface area contributed by atoms with Gasteiger partial charge in [-0.25, -0.2) is 9.78 Å². The number of carboxylic acid groups (broad SMARTS) is 1. The van der Waals surface area contributed by atoms with Crippen LogP contribution in [0, 0.1) is 0 Å². The van der Waals surface area contributed by atoms with Crippen LogP contribution in [0.15, 0.2) is 12.3 Å². The first-order valence-electron chi connectivity index (χ1n) is 6.69. The van der Waals surface area contributed by atoms with Crippen LogP contribution in [0.4, 0.5) is 11.5 Å². The molecule has 0 spiro atoms. The number of aliphatic hydroxyl groups excluding tert-OH is 1. The van der Waals surface area contributed by atoms with E-state index >= 15 is 0 Å². The summed E-state index contributed by atoms with van der Waals surface area (Å²) in [7, 11) is 0. The topological polar surface area (TPSA) is 103 Å². The third-order valence-electron chi connectivity index (χ3n) is 3.50. The molecule has 4 N–H and O–H groups in total. The van der Waals surface area contributed by atoms with Crippen molar-refractivity contribution >= 4 is 17.5 Å². The molecular weight excluding hydrogens is 260 g/mol. The summed E-state index contributed by atoms with van der Waals surface area (Å²) in [5, 5.41) is 18.1. The van der Waals surface area contributed by atoms with E-state index in [2.05, 4.69) is 9.88 Å². The third-order valence-corrected chi connectivity index (χ3v) is 3.50. The zero-order chi connectivity index (χ0) is 14.5. The maximum absolute atomic E-state index is 11.1. The van der Waals surface area contributed by atoms with Crippen LogP contribution in [0.3, 0.4) is 0 Å². The summed E-state index contributed by atoms with van der Waals surface area (Å²) in [5.41, 5.74) is 6.23. The first kappa shape index (κ1) is 14.5. The van der Waals surface area contributed by atoms with Crippen LogP contribution in [-0.4, -0.2) is 65.4 Å². The summed E-state index contributed by atoms with van der Waals surface area (Å²) >= 11 is 0. The Labute approximate surface area is 117 Å². The number of hydrogen-bond donors (Lipinski definition) is 3. The predicted octanol–water partition coefficient (Wildman–Crippen LogP) is -0.134. The van der Waals surface area contributed by atoms with Gasteiger partial charge in [-0.3, -0.25) is 4.90 Å². The summed E-state index contributed by atoms with van der Waals surface area (Å²) in [5.74, 6) is -0.501. The number of hydrogen-bond acceptors (Lipinski definition) is 6. The Morgan fingerprint density at radius 2 is 2.15 bits per heavy atom. The molecule has 0 radical (unpaired) electrons. The fraction of sp³-hybridized carbons (Fsp3) is 0.538. The molecule has 0 aliphatic carbocycles. The maximum Gasteiger partial charge on any atom is 0.337 e. The summed E-state index contributed by atoms with van der Waals surface area (Å²) in [6.45, 7) is 4.03. The van der Waals surface area contributed by atoms with Gasteiger partial charge >= 0.3 is 5.97 Å². The molecule has 7 heteroatoms. The van der Waals surface area contributed by atoms with Crippen LogP contribution >= 0.6 is 0 Å². The lowest BCUT2D eigenvalue weighted by atomic mass is 10.2. The minimum Gasteiger partial charge on any atom is -0.478 e. The highest BCUT2D eigenvalue weighted by Crippen LogP contribution is 2.24. The number of rotatable bonds is 4. The number of nitrogens with zero attached hydrogens (tertiary/aromatic N) is 3. The molecule has 1 fully saturated rings. The molecule has 0 saturated carbocycles. The maximum atomic E-state index is 11.1. The van der Waals surface area contributed by atoms with E-state index in [1.165, 1.54) is 12.3 Å². The van der Waals surface area contributed by atoms with Gasteiger partial charge in [0.15, 0.2) is 5.82 Å². The molecule has 2 heterocycles. The molecule has 110 valence electrons. The van der Waals surface area contributed by atoms with Crippen LogP contribution in [0.5, 0.6) is 0 Å². The first-order valence-corrected chi connectivity index (χ1v) is 6.69. The van der Waals surface area contributed by atoms with Gasteiger partial charge in [0.1, 0.15) is 0 Å². The van der Waals surface area contributed by atoms with Gasteiger partial charge in [-0.1, -0.05) is 0 Å². The number of aromatic nitrogens is 1. The van der Waals surface area contributed by atoms with Gasteiger partial charge in [0, 0.05) is 32.4 Å². The van der Waals surface area contributed by atoms with Gasteiger partial charge in [0.05, 0.1) is 17.9 Å². The molecule has 7 nitrogen and oxygen atoms in total. The number of pyridine rings is 1. The van der Waals surface area contributed by atoms with E-state index in [0.717, 1.165) is 32.6 Å². The Hall–Kier alpha value is -1.86. The predicted molar refractivity (Wildman–Crippen MR) is 76.0 cm³/mol. The summed E-state index contributed by atoms with van der Waals surface area (Å²) in [6.07, 6.45) is 2.41. The molecule has 0 amide bonds. The second-order valence-corrected chi connectivity index (χ2v) is 4.81. The number of nitrogens with two attached hydrogens (primary N) is 1. The van der Waals surface area contributed by atoms with Crippen molar-refractivity contribution in [2.75, 3.05) is 50.0 Å². The van der Waals surface area contributed by atoms with Crippen molar-refractivity contribution in [3.8, 4) is 0 Å². The fourth-order valence-electron chi connectivity index (χ4n) is 2.45. The van der Waals surface area contributed by atoms with Crippen molar-refractivity contribution in [1.82, 2.24) is 9.88 Å². The normalized spacial score (nSPS) is 16.9. The quantitative estimate of drug-likeness (QED) is 0.705. The van der Waals surface area contributed by atoms with Crippen molar-refractivity contribution < 1.29 is 15.0 Å². The monoisotopic (exact) mass is 280 g/mol. The second kappa shape index (κ2) is 6.53. The Balaban J connectivity index is 2.15. The zero-order valence-electron chi connectivity index (χ0n) is 11.3. The van der Waals surface area contributed by atoms with Crippen LogP contribution < -0.4 is 10.6 Å². The highest BCUT2D eigenvalue weighted by atomic mass is 16.4.